The zero-order chi connectivity index (χ0) is 22.1. The van der Waals surface area contributed by atoms with Crippen molar-refractivity contribution in [3.05, 3.63) is 83.1 Å². The second-order valence-corrected chi connectivity index (χ2v) is 8.90. The highest BCUT2D eigenvalue weighted by Gasteiger charge is 2.32. The Bertz CT molecular complexity index is 1030. The summed E-state index contributed by atoms with van der Waals surface area (Å²) >= 11 is 0. The van der Waals surface area contributed by atoms with Crippen LogP contribution in [0.5, 0.6) is 0 Å². The van der Waals surface area contributed by atoms with E-state index >= 15 is 0 Å². The number of benzene rings is 2. The number of likely N-dealkylation sites (N-methyl/N-ethyl adjacent to an activating group) is 1. The van der Waals surface area contributed by atoms with E-state index in [1.807, 2.05) is 0 Å². The van der Waals surface area contributed by atoms with Crippen LogP contribution in [0.15, 0.2) is 66.4 Å². The molecule has 1 aliphatic carbocycles. The van der Waals surface area contributed by atoms with Gasteiger partial charge in [-0.3, -0.25) is 0 Å². The van der Waals surface area contributed by atoms with Crippen LogP contribution >= 0.6 is 0 Å². The molecule has 0 saturated heterocycles. The number of hydrogen-bond donors (Lipinski definition) is 0. The van der Waals surface area contributed by atoms with E-state index in [1.165, 1.54) is 57.8 Å². The van der Waals surface area contributed by atoms with Crippen LogP contribution in [0.2, 0.25) is 0 Å². The first-order valence-electron chi connectivity index (χ1n) is 11.8. The van der Waals surface area contributed by atoms with Crippen molar-refractivity contribution >= 4 is 22.6 Å². The smallest absolute Gasteiger partial charge is 0.0488 e. The van der Waals surface area contributed by atoms with E-state index < -0.39 is 0 Å². The number of nitrogens with zero attached hydrogens (tertiary/aromatic N) is 2. The quantitative estimate of drug-likeness (QED) is 0.460. The van der Waals surface area contributed by atoms with E-state index in [4.69, 9.17) is 0 Å². The summed E-state index contributed by atoms with van der Waals surface area (Å²) < 4.78 is 0. The summed E-state index contributed by atoms with van der Waals surface area (Å²) in [6.45, 7) is 14.2. The lowest BCUT2D eigenvalue weighted by Gasteiger charge is -2.33. The van der Waals surface area contributed by atoms with Gasteiger partial charge in [-0.05, 0) is 92.0 Å². The molecular formula is C29H36N2. The summed E-state index contributed by atoms with van der Waals surface area (Å²) in [7, 11) is 2.21. The minimum Gasteiger partial charge on any atom is -0.344 e. The number of aryl methyl sites for hydroxylation is 1. The molecule has 0 N–H and O–H groups in total. The molecule has 1 saturated carbocycles. The van der Waals surface area contributed by atoms with Crippen LogP contribution in [0.4, 0.5) is 11.4 Å². The molecule has 2 aliphatic rings. The molecule has 0 atom stereocenters. The van der Waals surface area contributed by atoms with E-state index in [1.54, 1.807) is 0 Å². The van der Waals surface area contributed by atoms with Gasteiger partial charge in [0.25, 0.3) is 0 Å². The Morgan fingerprint density at radius 2 is 1.77 bits per heavy atom. The molecule has 1 aliphatic heterocycles. The molecule has 2 heteroatoms. The molecule has 31 heavy (non-hydrogen) atoms. The Balaban J connectivity index is 1.77. The van der Waals surface area contributed by atoms with E-state index in [2.05, 4.69) is 99.7 Å². The van der Waals surface area contributed by atoms with Gasteiger partial charge in [0.05, 0.1) is 0 Å². The maximum Gasteiger partial charge on any atom is 0.0488 e. The fraction of sp³-hybridized carbons (Fsp3) is 0.379. The SMILES string of the molecule is C=C1C=C(C2CC2)c2cc(N(C)/C(=C(/C)CC)c3ccc(CC)cc3)ccc2N1CC. The third-order valence-corrected chi connectivity index (χ3v) is 6.88. The average molecular weight is 413 g/mol. The van der Waals surface area contributed by atoms with Crippen molar-refractivity contribution in [1.29, 1.82) is 0 Å². The topological polar surface area (TPSA) is 6.48 Å². The van der Waals surface area contributed by atoms with Gasteiger partial charge >= 0.3 is 0 Å². The molecule has 162 valence electrons. The van der Waals surface area contributed by atoms with Crippen molar-refractivity contribution in [3.63, 3.8) is 0 Å². The summed E-state index contributed by atoms with van der Waals surface area (Å²) in [4.78, 5) is 4.72. The van der Waals surface area contributed by atoms with Gasteiger partial charge in [0.15, 0.2) is 0 Å². The van der Waals surface area contributed by atoms with Gasteiger partial charge in [0.2, 0.25) is 0 Å². The number of fused-ring (bicyclic) bond motifs is 1. The van der Waals surface area contributed by atoms with Crippen molar-refractivity contribution in [2.45, 2.75) is 53.4 Å². The third kappa shape index (κ3) is 4.08. The monoisotopic (exact) mass is 412 g/mol. The van der Waals surface area contributed by atoms with E-state index in [-0.39, 0.29) is 0 Å². The summed E-state index contributed by atoms with van der Waals surface area (Å²) in [5, 5.41) is 0. The molecule has 4 rings (SSSR count). The molecule has 1 fully saturated rings. The normalized spacial score (nSPS) is 16.6. The maximum absolute atomic E-state index is 4.33. The summed E-state index contributed by atoms with van der Waals surface area (Å²) in [6.07, 6.45) is 7.03. The van der Waals surface area contributed by atoms with Crippen molar-refractivity contribution < 1.29 is 0 Å². The Hall–Kier alpha value is -2.74. The van der Waals surface area contributed by atoms with Crippen molar-refractivity contribution in [2.24, 2.45) is 5.92 Å². The molecule has 0 aromatic heterocycles. The van der Waals surface area contributed by atoms with Gasteiger partial charge in [-0.1, -0.05) is 44.7 Å². The Kier molecular flexibility index (Phi) is 6.09. The molecule has 2 aromatic carbocycles. The highest BCUT2D eigenvalue weighted by molar-refractivity contribution is 5.90. The van der Waals surface area contributed by atoms with Crippen molar-refractivity contribution in [3.8, 4) is 0 Å². The average Bonchev–Trinajstić information content (AvgIpc) is 3.64. The lowest BCUT2D eigenvalue weighted by atomic mass is 9.93. The molecule has 0 bridgehead atoms. The van der Waals surface area contributed by atoms with Gasteiger partial charge in [-0.2, -0.15) is 0 Å². The second kappa shape index (κ2) is 8.78. The second-order valence-electron chi connectivity index (χ2n) is 8.90. The molecular weight excluding hydrogens is 376 g/mol. The van der Waals surface area contributed by atoms with Crippen molar-refractivity contribution in [1.82, 2.24) is 0 Å². The number of hydrogen-bond acceptors (Lipinski definition) is 2. The van der Waals surface area contributed by atoms with Gasteiger partial charge in [-0.25, -0.2) is 0 Å². The highest BCUT2D eigenvalue weighted by Crippen LogP contribution is 2.49. The summed E-state index contributed by atoms with van der Waals surface area (Å²) in [5.74, 6) is 0.698. The van der Waals surface area contributed by atoms with E-state index in [0.29, 0.717) is 5.92 Å². The van der Waals surface area contributed by atoms with Gasteiger partial charge in [0, 0.05) is 41.9 Å². The van der Waals surface area contributed by atoms with Crippen LogP contribution in [-0.2, 0) is 6.42 Å². The van der Waals surface area contributed by atoms with Gasteiger partial charge < -0.3 is 9.80 Å². The molecule has 2 nitrogen and oxygen atoms in total. The van der Waals surface area contributed by atoms with Gasteiger partial charge in [0.1, 0.15) is 0 Å². The standard InChI is InChI=1S/C29H36N2/c1-7-20(4)29(24-12-10-22(8-2)11-13-24)30(6)25-16-17-28-27(19-25)26(23-14-15-23)18-21(5)31(28)9-3/h10-13,16-19,23H,5,7-9,14-15H2,1-4,6H3/b29-20-. The van der Waals surface area contributed by atoms with Crippen LogP contribution in [0, 0.1) is 5.92 Å². The molecule has 1 heterocycles. The molecule has 0 amide bonds. The van der Waals surface area contributed by atoms with Gasteiger partial charge in [-0.15, -0.1) is 0 Å². The first-order chi connectivity index (χ1) is 15.0. The minimum atomic E-state index is 0.698. The zero-order valence-corrected chi connectivity index (χ0v) is 19.8. The molecule has 0 unspecified atom stereocenters. The Morgan fingerprint density at radius 1 is 1.06 bits per heavy atom. The lowest BCUT2D eigenvalue weighted by Crippen LogP contribution is -2.25. The number of rotatable bonds is 7. The fourth-order valence-electron chi connectivity index (χ4n) is 4.72. The number of allylic oxidation sites excluding steroid dienone is 3. The Morgan fingerprint density at radius 3 is 2.35 bits per heavy atom. The zero-order valence-electron chi connectivity index (χ0n) is 19.8. The van der Waals surface area contributed by atoms with Crippen LogP contribution in [0.3, 0.4) is 0 Å². The fourth-order valence-corrected chi connectivity index (χ4v) is 4.72. The largest absolute Gasteiger partial charge is 0.344 e. The molecule has 2 aromatic rings. The first kappa shape index (κ1) is 21.5. The minimum absolute atomic E-state index is 0.698. The predicted molar refractivity (Wildman–Crippen MR) is 136 cm³/mol. The Labute approximate surface area is 188 Å². The van der Waals surface area contributed by atoms with Crippen LogP contribution in [0.25, 0.3) is 11.3 Å². The molecule has 0 radical (unpaired) electrons. The van der Waals surface area contributed by atoms with E-state index in [0.717, 1.165) is 25.1 Å². The van der Waals surface area contributed by atoms with Crippen LogP contribution in [-0.4, -0.2) is 13.6 Å². The predicted octanol–water partition coefficient (Wildman–Crippen LogP) is 7.67. The van der Waals surface area contributed by atoms with Crippen LogP contribution in [0.1, 0.15) is 63.6 Å². The summed E-state index contributed by atoms with van der Waals surface area (Å²) in [6, 6.07) is 16.0. The first-order valence-corrected chi connectivity index (χ1v) is 11.8. The van der Waals surface area contributed by atoms with Crippen molar-refractivity contribution in [2.75, 3.05) is 23.4 Å². The third-order valence-electron chi connectivity index (χ3n) is 6.88. The lowest BCUT2D eigenvalue weighted by molar-refractivity contribution is 0.959. The van der Waals surface area contributed by atoms with E-state index in [9.17, 15) is 0 Å². The molecule has 0 spiro atoms. The van der Waals surface area contributed by atoms with Crippen LogP contribution < -0.4 is 9.80 Å². The number of anilines is 2. The maximum atomic E-state index is 4.33. The summed E-state index contributed by atoms with van der Waals surface area (Å²) in [5.41, 5.74) is 11.9. The highest BCUT2D eigenvalue weighted by atomic mass is 15.1.